The smallest absolute Gasteiger partial charge is 0.193 e. The molecule has 146 valence electrons. The van der Waals surface area contributed by atoms with Crippen LogP contribution in [0.15, 0.2) is 29.3 Å². The Kier molecular flexibility index (Phi) is 8.20. The van der Waals surface area contributed by atoms with E-state index in [0.29, 0.717) is 5.92 Å². The molecule has 1 heterocycles. The van der Waals surface area contributed by atoms with Gasteiger partial charge in [0.15, 0.2) is 5.96 Å². The number of hydrogen-bond acceptors (Lipinski definition) is 2. The van der Waals surface area contributed by atoms with Crippen molar-refractivity contribution in [3.8, 4) is 0 Å². The molecule has 2 aliphatic rings. The third-order valence-corrected chi connectivity index (χ3v) is 5.91. The Labute approximate surface area is 175 Å². The number of guanidine groups is 1. The molecule has 3 rings (SSSR count). The molecule has 0 aromatic heterocycles. The molecule has 0 amide bonds. The average molecular weight is 471 g/mol. The summed E-state index contributed by atoms with van der Waals surface area (Å²) in [6.45, 7) is 5.96. The summed E-state index contributed by atoms with van der Waals surface area (Å²) in [6.07, 6.45) is 6.34. The van der Waals surface area contributed by atoms with Gasteiger partial charge in [0.25, 0.3) is 0 Å². The average Bonchev–Trinajstić information content (AvgIpc) is 3.28. The van der Waals surface area contributed by atoms with Crippen LogP contribution in [0.4, 0.5) is 0 Å². The molecular weight excluding hydrogens is 437 g/mol. The molecule has 1 aromatic carbocycles. The number of benzene rings is 1. The number of ether oxygens (including phenoxy) is 1. The van der Waals surface area contributed by atoms with E-state index < -0.39 is 0 Å². The Hall–Kier alpha value is -0.820. The van der Waals surface area contributed by atoms with Crippen molar-refractivity contribution in [3.05, 3.63) is 35.4 Å². The maximum atomic E-state index is 5.51. The summed E-state index contributed by atoms with van der Waals surface area (Å²) in [5.74, 6) is 1.63. The first-order valence-corrected chi connectivity index (χ1v) is 9.70. The van der Waals surface area contributed by atoms with E-state index in [1.807, 2.05) is 7.05 Å². The predicted octanol–water partition coefficient (Wildman–Crippen LogP) is 3.97. The molecule has 0 spiro atoms. The molecule has 1 saturated carbocycles. The fourth-order valence-corrected chi connectivity index (χ4v) is 4.43. The van der Waals surface area contributed by atoms with Gasteiger partial charge in [0, 0.05) is 45.1 Å². The molecule has 4 nitrogen and oxygen atoms in total. The van der Waals surface area contributed by atoms with Gasteiger partial charge in [-0.3, -0.25) is 4.99 Å². The minimum Gasteiger partial charge on any atom is -0.381 e. The Morgan fingerprint density at radius 2 is 2.12 bits per heavy atom. The quantitative estimate of drug-likeness (QED) is 0.401. The van der Waals surface area contributed by atoms with Gasteiger partial charge in [-0.25, -0.2) is 0 Å². The maximum absolute atomic E-state index is 5.51. The molecule has 1 atom stereocenters. The number of aryl methyl sites for hydroxylation is 1. The molecule has 26 heavy (non-hydrogen) atoms. The lowest BCUT2D eigenvalue weighted by Crippen LogP contribution is -2.46. The predicted molar refractivity (Wildman–Crippen MR) is 120 cm³/mol. The third kappa shape index (κ3) is 5.12. The van der Waals surface area contributed by atoms with E-state index in [-0.39, 0.29) is 29.4 Å². The number of rotatable bonds is 5. The highest BCUT2D eigenvalue weighted by Gasteiger charge is 2.36. The summed E-state index contributed by atoms with van der Waals surface area (Å²) in [5, 5.41) is 3.68. The van der Waals surface area contributed by atoms with E-state index >= 15 is 0 Å². The van der Waals surface area contributed by atoms with Crippen LogP contribution in [0.25, 0.3) is 0 Å². The Morgan fingerprint density at radius 3 is 2.73 bits per heavy atom. The number of nitrogens with zero attached hydrogens (tertiary/aromatic N) is 2. The highest BCUT2D eigenvalue weighted by atomic mass is 127. The van der Waals surface area contributed by atoms with Crippen LogP contribution >= 0.6 is 24.0 Å². The summed E-state index contributed by atoms with van der Waals surface area (Å²) in [5.41, 5.74) is 3.09. The van der Waals surface area contributed by atoms with Crippen molar-refractivity contribution in [2.24, 2.45) is 10.9 Å². The lowest BCUT2D eigenvalue weighted by molar-refractivity contribution is 0.181. The molecule has 1 aliphatic heterocycles. The molecule has 1 unspecified atom stereocenters. The highest BCUT2D eigenvalue weighted by Crippen LogP contribution is 2.40. The van der Waals surface area contributed by atoms with E-state index in [1.165, 1.54) is 36.8 Å². The van der Waals surface area contributed by atoms with Gasteiger partial charge in [-0.05, 0) is 31.7 Å². The molecule has 1 aliphatic carbocycles. The van der Waals surface area contributed by atoms with Crippen molar-refractivity contribution in [2.75, 3.05) is 40.4 Å². The summed E-state index contributed by atoms with van der Waals surface area (Å²) < 4.78 is 5.51. The summed E-state index contributed by atoms with van der Waals surface area (Å²) >= 11 is 0. The van der Waals surface area contributed by atoms with Crippen molar-refractivity contribution < 1.29 is 4.74 Å². The number of aliphatic imine (C=N–C) groups is 1. The monoisotopic (exact) mass is 471 g/mol. The lowest BCUT2D eigenvalue weighted by Gasteiger charge is -2.33. The van der Waals surface area contributed by atoms with Gasteiger partial charge in [-0.2, -0.15) is 0 Å². The van der Waals surface area contributed by atoms with Gasteiger partial charge < -0.3 is 15.0 Å². The molecule has 0 bridgehead atoms. The van der Waals surface area contributed by atoms with Crippen LogP contribution in [0.5, 0.6) is 0 Å². The van der Waals surface area contributed by atoms with Crippen molar-refractivity contribution in [1.82, 2.24) is 10.2 Å². The van der Waals surface area contributed by atoms with Crippen LogP contribution in [-0.2, 0) is 10.2 Å². The standard InChI is InChI=1S/C21H33N3O.HI/c1-17-7-6-8-19(13-17)21(10-4-5-11-21)16-23-20(22-2)24(3)14-18-9-12-25-15-18;/h6-8,13,18H,4-5,9-12,14-16H2,1-3H3,(H,22,23);1H. The number of hydrogen-bond donors (Lipinski definition) is 1. The Morgan fingerprint density at radius 1 is 1.35 bits per heavy atom. The van der Waals surface area contributed by atoms with Crippen LogP contribution in [0.1, 0.15) is 43.2 Å². The first kappa shape index (κ1) is 21.5. The largest absolute Gasteiger partial charge is 0.381 e. The van der Waals surface area contributed by atoms with Crippen molar-refractivity contribution in [2.45, 2.75) is 44.4 Å². The Balaban J connectivity index is 0.00000243. The van der Waals surface area contributed by atoms with E-state index in [9.17, 15) is 0 Å². The molecule has 2 fully saturated rings. The van der Waals surface area contributed by atoms with E-state index in [4.69, 9.17) is 4.74 Å². The van der Waals surface area contributed by atoms with E-state index in [2.05, 4.69) is 53.4 Å². The van der Waals surface area contributed by atoms with Crippen molar-refractivity contribution in [1.29, 1.82) is 0 Å². The van der Waals surface area contributed by atoms with Gasteiger partial charge >= 0.3 is 0 Å². The summed E-state index contributed by atoms with van der Waals surface area (Å²) in [7, 11) is 4.03. The van der Waals surface area contributed by atoms with Crippen molar-refractivity contribution in [3.63, 3.8) is 0 Å². The first-order valence-electron chi connectivity index (χ1n) is 9.70. The minimum atomic E-state index is 0. The van der Waals surface area contributed by atoms with Gasteiger partial charge in [-0.1, -0.05) is 42.7 Å². The second-order valence-electron chi connectivity index (χ2n) is 7.87. The third-order valence-electron chi connectivity index (χ3n) is 5.91. The number of halogens is 1. The SMILES string of the molecule is CN=C(NCC1(c2cccc(C)c2)CCCC1)N(C)CC1CCOC1.I. The topological polar surface area (TPSA) is 36.9 Å². The molecular formula is C21H34IN3O. The molecule has 1 saturated heterocycles. The summed E-state index contributed by atoms with van der Waals surface area (Å²) in [4.78, 5) is 6.79. The molecule has 1 N–H and O–H groups in total. The normalized spacial score (nSPS) is 22.1. The second kappa shape index (κ2) is 9.93. The number of nitrogens with one attached hydrogen (secondary N) is 1. The van der Waals surface area contributed by atoms with E-state index in [0.717, 1.165) is 38.7 Å². The summed E-state index contributed by atoms with van der Waals surface area (Å²) in [6, 6.07) is 9.07. The van der Waals surface area contributed by atoms with Crippen LogP contribution in [0, 0.1) is 12.8 Å². The van der Waals surface area contributed by atoms with Crippen LogP contribution < -0.4 is 5.32 Å². The van der Waals surface area contributed by atoms with Gasteiger partial charge in [0.1, 0.15) is 0 Å². The van der Waals surface area contributed by atoms with Gasteiger partial charge in [0.2, 0.25) is 0 Å². The van der Waals surface area contributed by atoms with E-state index in [1.54, 1.807) is 0 Å². The molecule has 0 radical (unpaired) electrons. The Bertz CT molecular complexity index is 593. The lowest BCUT2D eigenvalue weighted by atomic mass is 9.78. The zero-order valence-electron chi connectivity index (χ0n) is 16.5. The zero-order valence-corrected chi connectivity index (χ0v) is 18.8. The van der Waals surface area contributed by atoms with Crippen molar-refractivity contribution >= 4 is 29.9 Å². The highest BCUT2D eigenvalue weighted by molar-refractivity contribution is 14.0. The van der Waals surface area contributed by atoms with Gasteiger partial charge in [-0.15, -0.1) is 24.0 Å². The van der Waals surface area contributed by atoms with Crippen LogP contribution in [0.2, 0.25) is 0 Å². The maximum Gasteiger partial charge on any atom is 0.193 e. The zero-order chi connectivity index (χ0) is 17.7. The fraction of sp³-hybridized carbons (Fsp3) is 0.667. The van der Waals surface area contributed by atoms with Crippen LogP contribution in [-0.4, -0.2) is 51.3 Å². The van der Waals surface area contributed by atoms with Gasteiger partial charge in [0.05, 0.1) is 6.61 Å². The molecule has 5 heteroatoms. The fourth-order valence-electron chi connectivity index (χ4n) is 4.43. The second-order valence-corrected chi connectivity index (χ2v) is 7.87. The van der Waals surface area contributed by atoms with Crippen LogP contribution in [0.3, 0.4) is 0 Å². The first-order chi connectivity index (χ1) is 12.1. The molecule has 1 aromatic rings. The minimum absolute atomic E-state index is 0.